The lowest BCUT2D eigenvalue weighted by atomic mass is 10.1. The Morgan fingerprint density at radius 1 is 1.19 bits per heavy atom. The fraction of sp³-hybridized carbons (Fsp3) is 0.529. The molecule has 21 heavy (non-hydrogen) atoms. The molecule has 0 aromatic carbocycles. The average molecular weight is 286 g/mol. The molecule has 1 N–H and O–H groups in total. The van der Waals surface area contributed by atoms with Gasteiger partial charge in [0.25, 0.3) is 0 Å². The van der Waals surface area contributed by atoms with Gasteiger partial charge >= 0.3 is 0 Å². The first-order valence-corrected chi connectivity index (χ1v) is 7.59. The van der Waals surface area contributed by atoms with E-state index in [-0.39, 0.29) is 0 Å². The van der Waals surface area contributed by atoms with Crippen molar-refractivity contribution in [1.82, 2.24) is 20.1 Å². The second kappa shape index (κ2) is 6.39. The first kappa shape index (κ1) is 15.7. The van der Waals surface area contributed by atoms with Crippen molar-refractivity contribution in [3.63, 3.8) is 0 Å². The van der Waals surface area contributed by atoms with Crippen molar-refractivity contribution in [3.05, 3.63) is 40.5 Å². The van der Waals surface area contributed by atoms with Crippen LogP contribution in [0, 0.1) is 33.6 Å². The first-order chi connectivity index (χ1) is 9.90. The Kier molecular flexibility index (Phi) is 4.78. The van der Waals surface area contributed by atoms with Gasteiger partial charge in [-0.3, -0.25) is 4.98 Å². The summed E-state index contributed by atoms with van der Waals surface area (Å²) in [5.74, 6) is 0.641. The van der Waals surface area contributed by atoms with Gasteiger partial charge < -0.3 is 5.32 Å². The maximum absolute atomic E-state index is 4.69. The summed E-state index contributed by atoms with van der Waals surface area (Å²) in [5.41, 5.74) is 6.87. The van der Waals surface area contributed by atoms with Gasteiger partial charge in [0.15, 0.2) is 0 Å². The summed E-state index contributed by atoms with van der Waals surface area (Å²) in [6, 6.07) is 2.12. The highest BCUT2D eigenvalue weighted by molar-refractivity contribution is 5.43. The molecule has 0 amide bonds. The van der Waals surface area contributed by atoms with Gasteiger partial charge in [0, 0.05) is 29.7 Å². The van der Waals surface area contributed by atoms with Crippen LogP contribution in [-0.4, -0.2) is 21.3 Å². The first-order valence-electron chi connectivity index (χ1n) is 7.59. The lowest BCUT2D eigenvalue weighted by molar-refractivity contribution is 0.550. The molecular formula is C17H26N4. The number of nitrogens with zero attached hydrogens (tertiary/aromatic N) is 3. The maximum atomic E-state index is 4.69. The van der Waals surface area contributed by atoms with Crippen LogP contribution in [0.4, 0.5) is 0 Å². The van der Waals surface area contributed by atoms with E-state index in [2.05, 4.69) is 56.1 Å². The number of hydrogen-bond acceptors (Lipinski definition) is 3. The van der Waals surface area contributed by atoms with Gasteiger partial charge in [-0.15, -0.1) is 0 Å². The highest BCUT2D eigenvalue weighted by Crippen LogP contribution is 2.20. The molecule has 0 spiro atoms. The number of pyridine rings is 1. The molecule has 0 aliphatic rings. The molecule has 2 rings (SSSR count). The molecule has 0 radical (unpaired) electrons. The van der Waals surface area contributed by atoms with Crippen molar-refractivity contribution in [1.29, 1.82) is 0 Å². The third-order valence-corrected chi connectivity index (χ3v) is 3.85. The van der Waals surface area contributed by atoms with Crippen molar-refractivity contribution in [2.24, 2.45) is 5.92 Å². The van der Waals surface area contributed by atoms with Crippen molar-refractivity contribution in [2.45, 2.75) is 48.1 Å². The van der Waals surface area contributed by atoms with Gasteiger partial charge in [0.2, 0.25) is 0 Å². The van der Waals surface area contributed by atoms with E-state index in [4.69, 9.17) is 0 Å². The predicted molar refractivity (Wildman–Crippen MR) is 86.9 cm³/mol. The highest BCUT2D eigenvalue weighted by atomic mass is 15.3. The van der Waals surface area contributed by atoms with Gasteiger partial charge in [-0.2, -0.15) is 5.10 Å². The van der Waals surface area contributed by atoms with Crippen molar-refractivity contribution in [2.75, 3.05) is 6.54 Å². The van der Waals surface area contributed by atoms with Gasteiger partial charge in [-0.25, -0.2) is 4.68 Å². The van der Waals surface area contributed by atoms with Gasteiger partial charge in [-0.05, 0) is 51.8 Å². The highest BCUT2D eigenvalue weighted by Gasteiger charge is 2.13. The lowest BCUT2D eigenvalue weighted by Crippen LogP contribution is -2.20. The molecule has 114 valence electrons. The molecule has 0 aliphatic heterocycles. The minimum Gasteiger partial charge on any atom is -0.312 e. The monoisotopic (exact) mass is 286 g/mol. The van der Waals surface area contributed by atoms with Crippen molar-refractivity contribution in [3.8, 4) is 5.69 Å². The zero-order valence-corrected chi connectivity index (χ0v) is 14.0. The van der Waals surface area contributed by atoms with E-state index in [1.165, 1.54) is 16.8 Å². The largest absolute Gasteiger partial charge is 0.312 e. The topological polar surface area (TPSA) is 42.7 Å². The van der Waals surface area contributed by atoms with Crippen LogP contribution in [0.1, 0.15) is 42.1 Å². The molecule has 0 unspecified atom stereocenters. The third kappa shape index (κ3) is 3.50. The van der Waals surface area contributed by atoms with Crippen LogP contribution in [0.3, 0.4) is 0 Å². The lowest BCUT2D eigenvalue weighted by Gasteiger charge is -2.13. The molecule has 0 aliphatic carbocycles. The van der Waals surface area contributed by atoms with Crippen molar-refractivity contribution >= 4 is 0 Å². The summed E-state index contributed by atoms with van der Waals surface area (Å²) in [6.45, 7) is 14.6. The fourth-order valence-electron chi connectivity index (χ4n) is 2.36. The average Bonchev–Trinajstić information content (AvgIpc) is 2.68. The Morgan fingerprint density at radius 3 is 2.48 bits per heavy atom. The second-order valence-corrected chi connectivity index (χ2v) is 6.19. The van der Waals surface area contributed by atoms with Crippen LogP contribution in [0.15, 0.2) is 12.3 Å². The number of aromatic nitrogens is 3. The molecule has 0 atom stereocenters. The van der Waals surface area contributed by atoms with Gasteiger partial charge in [-0.1, -0.05) is 13.8 Å². The van der Waals surface area contributed by atoms with E-state index in [9.17, 15) is 0 Å². The van der Waals surface area contributed by atoms with Crippen molar-refractivity contribution < 1.29 is 0 Å². The quantitative estimate of drug-likeness (QED) is 0.917. The molecular weight excluding hydrogens is 260 g/mol. The van der Waals surface area contributed by atoms with Crippen LogP contribution < -0.4 is 5.32 Å². The van der Waals surface area contributed by atoms with E-state index < -0.39 is 0 Å². The zero-order valence-electron chi connectivity index (χ0n) is 14.0. The molecule has 2 aromatic rings. The minimum atomic E-state index is 0.641. The summed E-state index contributed by atoms with van der Waals surface area (Å²) in [4.78, 5) is 4.44. The van der Waals surface area contributed by atoms with E-state index in [1.807, 2.05) is 17.8 Å². The van der Waals surface area contributed by atoms with E-state index in [0.717, 1.165) is 30.2 Å². The van der Waals surface area contributed by atoms with Gasteiger partial charge in [0.05, 0.1) is 11.4 Å². The second-order valence-electron chi connectivity index (χ2n) is 6.19. The number of aryl methyl sites for hydroxylation is 2. The standard InChI is InChI=1S/C17H26N4/c1-11(2)8-18-9-16-10-19-12(3)7-17(16)21-15(6)13(4)14(5)20-21/h7,10-11,18H,8-9H2,1-6H3. The van der Waals surface area contributed by atoms with E-state index >= 15 is 0 Å². The summed E-state index contributed by atoms with van der Waals surface area (Å²) < 4.78 is 2.05. The Morgan fingerprint density at radius 2 is 1.90 bits per heavy atom. The molecule has 0 saturated heterocycles. The molecule has 0 bridgehead atoms. The van der Waals surface area contributed by atoms with Crippen LogP contribution in [0.5, 0.6) is 0 Å². The van der Waals surface area contributed by atoms with E-state index in [0.29, 0.717) is 5.92 Å². The summed E-state index contributed by atoms with van der Waals surface area (Å²) in [7, 11) is 0. The normalized spacial score (nSPS) is 11.4. The van der Waals surface area contributed by atoms with Crippen LogP contribution in [-0.2, 0) is 6.54 Å². The molecule has 2 aromatic heterocycles. The maximum Gasteiger partial charge on any atom is 0.0727 e. The molecule has 0 fully saturated rings. The van der Waals surface area contributed by atoms with Crippen LogP contribution >= 0.6 is 0 Å². The fourth-order valence-corrected chi connectivity index (χ4v) is 2.36. The molecule has 2 heterocycles. The Hall–Kier alpha value is -1.68. The Balaban J connectivity index is 2.37. The SMILES string of the molecule is Cc1cc(-n2nc(C)c(C)c2C)c(CNCC(C)C)cn1. The number of rotatable bonds is 5. The van der Waals surface area contributed by atoms with Gasteiger partial charge in [0.1, 0.15) is 0 Å². The Bertz CT molecular complexity index is 626. The summed E-state index contributed by atoms with van der Waals surface area (Å²) in [6.07, 6.45) is 1.96. The third-order valence-electron chi connectivity index (χ3n) is 3.85. The van der Waals surface area contributed by atoms with Crippen LogP contribution in [0.25, 0.3) is 5.69 Å². The zero-order chi connectivity index (χ0) is 15.6. The molecule has 4 nitrogen and oxygen atoms in total. The van der Waals surface area contributed by atoms with Crippen LogP contribution in [0.2, 0.25) is 0 Å². The predicted octanol–water partition coefficient (Wildman–Crippen LogP) is 3.25. The molecule has 4 heteroatoms. The Labute approximate surface area is 127 Å². The summed E-state index contributed by atoms with van der Waals surface area (Å²) in [5, 5.41) is 8.18. The minimum absolute atomic E-state index is 0.641. The number of nitrogens with one attached hydrogen (secondary N) is 1. The van der Waals surface area contributed by atoms with E-state index in [1.54, 1.807) is 0 Å². The number of hydrogen-bond donors (Lipinski definition) is 1. The summed E-state index contributed by atoms with van der Waals surface area (Å²) >= 11 is 0. The smallest absolute Gasteiger partial charge is 0.0727 e. The molecule has 0 saturated carbocycles.